The molecule has 0 amide bonds. The predicted molar refractivity (Wildman–Crippen MR) is 256 cm³/mol. The highest BCUT2D eigenvalue weighted by Gasteiger charge is 2.20. The van der Waals surface area contributed by atoms with Crippen molar-refractivity contribution in [1.29, 1.82) is 0 Å². The molecular weight excluding hydrogens is 773 g/mol. The van der Waals surface area contributed by atoms with Crippen LogP contribution in [0.15, 0.2) is 215 Å². The van der Waals surface area contributed by atoms with E-state index in [0.29, 0.717) is 22.3 Å². The van der Waals surface area contributed by atoms with Gasteiger partial charge in [-0.15, -0.1) is 0 Å². The van der Waals surface area contributed by atoms with Crippen LogP contribution in [0.3, 0.4) is 0 Å². The summed E-state index contributed by atoms with van der Waals surface area (Å²) in [6.45, 7) is 0. The monoisotopic (exact) mass is 819 g/mol. The molecule has 6 nitrogen and oxygen atoms in total. The fourth-order valence-corrected chi connectivity index (χ4v) is 8.40. The van der Waals surface area contributed by atoms with E-state index in [1.807, 2.05) is 54.6 Å². The molecule has 13 aromatic rings. The van der Waals surface area contributed by atoms with Gasteiger partial charge in [0.1, 0.15) is 16.7 Å². The zero-order valence-corrected chi connectivity index (χ0v) is 32.7. The molecule has 0 aliphatic carbocycles. The van der Waals surface area contributed by atoms with Crippen molar-refractivity contribution >= 4 is 65.7 Å². The van der Waals surface area contributed by atoms with Gasteiger partial charge in [-0.2, -0.15) is 0 Å². The Hall–Kier alpha value is -8.61. The van der Waals surface area contributed by atoms with Crippen LogP contribution in [-0.2, 0) is 0 Å². The highest BCUT2D eigenvalue weighted by Crippen LogP contribution is 2.41. The van der Waals surface area contributed by atoms with Gasteiger partial charge in [-0.1, -0.05) is 158 Å². The van der Waals surface area contributed by atoms with Gasteiger partial charge in [0.2, 0.25) is 0 Å². The lowest BCUT2D eigenvalue weighted by molar-refractivity contribution is 0.666. The molecule has 4 heterocycles. The Morgan fingerprint density at radius 1 is 0.397 bits per heavy atom. The van der Waals surface area contributed by atoms with Crippen LogP contribution in [0, 0.1) is 0 Å². The number of rotatable bonds is 6. The molecule has 13 rings (SSSR count). The molecule has 0 bridgehead atoms. The summed E-state index contributed by atoms with van der Waals surface area (Å²) in [5.41, 5.74) is 4.90. The third-order valence-electron chi connectivity index (χ3n) is 11.3. The second-order valence-electron chi connectivity index (χ2n) is 14.9. The van der Waals surface area contributed by atoms with Crippen molar-refractivity contribution in [3.8, 4) is 62.1 Å². The van der Waals surface area contributed by atoms with Crippen LogP contribution in [-0.4, -0.2) is 19.5 Å². The van der Waals surface area contributed by atoms with Gasteiger partial charge < -0.3 is 13.4 Å². The molecule has 294 valence electrons. The normalized spacial score (nSPS) is 14.7. The average Bonchev–Trinajstić information content (AvgIpc) is 4.26. The van der Waals surface area contributed by atoms with Crippen molar-refractivity contribution in [3.63, 3.8) is 0 Å². The predicted octanol–water partition coefficient (Wildman–Crippen LogP) is 15.1. The zero-order chi connectivity index (χ0) is 52.7. The van der Waals surface area contributed by atoms with E-state index < -0.39 is 78.6 Å². The van der Waals surface area contributed by atoms with E-state index in [4.69, 9.17) is 36.1 Å². The Morgan fingerprint density at radius 2 is 1.06 bits per heavy atom. The lowest BCUT2D eigenvalue weighted by Gasteiger charge is -2.09. The summed E-state index contributed by atoms with van der Waals surface area (Å²) in [6, 6.07) is 32.9. The summed E-state index contributed by atoms with van der Waals surface area (Å²) in [6.07, 6.45) is 0. The first kappa shape index (κ1) is 24.6. The van der Waals surface area contributed by atoms with Crippen molar-refractivity contribution in [2.24, 2.45) is 0 Å². The highest BCUT2D eigenvalue weighted by molar-refractivity contribution is 6.14. The standard InChI is InChI=1S/C57H34N4O2/c1-3-13-35(14-4-1)36-25-27-37(28-26-36)41-19-12-24-50-53(41)46-32-30-40(34-52(46)62-50)57-59-55(38-15-5-2-6-16-38)58-56(60-57)39-29-31-44-45-20-11-23-49(54(45)63-51(44)33-39)61-47-21-9-7-17-42(47)43-18-8-10-22-48(43)61/h1-34H/i7D,8D,9D,10D,11D,17D,18D,20D,21D,23D,29D,31D,33D. The first-order valence-corrected chi connectivity index (χ1v) is 20.0. The number of nitrogens with zero attached hydrogens (tertiary/aromatic N) is 4. The Kier molecular flexibility index (Phi) is 5.46. The van der Waals surface area contributed by atoms with Crippen molar-refractivity contribution in [1.82, 2.24) is 19.5 Å². The molecule has 0 atom stereocenters. The number of aromatic nitrogens is 4. The van der Waals surface area contributed by atoms with Crippen LogP contribution in [0.4, 0.5) is 0 Å². The zero-order valence-electron chi connectivity index (χ0n) is 45.7. The van der Waals surface area contributed by atoms with Crippen LogP contribution in [0.1, 0.15) is 17.8 Å². The average molecular weight is 820 g/mol. The summed E-state index contributed by atoms with van der Waals surface area (Å²) < 4.78 is 132. The Morgan fingerprint density at radius 3 is 1.89 bits per heavy atom. The quantitative estimate of drug-likeness (QED) is 0.167. The summed E-state index contributed by atoms with van der Waals surface area (Å²) in [5, 5.41) is 1.00. The van der Waals surface area contributed by atoms with Crippen LogP contribution >= 0.6 is 0 Å². The van der Waals surface area contributed by atoms with Gasteiger partial charge in [0.05, 0.1) is 34.5 Å². The maximum Gasteiger partial charge on any atom is 0.164 e. The van der Waals surface area contributed by atoms with E-state index in [9.17, 15) is 5.48 Å². The van der Waals surface area contributed by atoms with E-state index in [0.717, 1.165) is 37.6 Å². The van der Waals surface area contributed by atoms with E-state index in [1.165, 1.54) is 6.07 Å². The maximum atomic E-state index is 9.75. The van der Waals surface area contributed by atoms with Crippen molar-refractivity contribution in [2.75, 3.05) is 0 Å². The molecule has 0 fully saturated rings. The second-order valence-corrected chi connectivity index (χ2v) is 14.9. The number of hydrogen-bond acceptors (Lipinski definition) is 5. The van der Waals surface area contributed by atoms with Gasteiger partial charge >= 0.3 is 0 Å². The molecule has 0 saturated carbocycles. The summed E-state index contributed by atoms with van der Waals surface area (Å²) in [7, 11) is 0. The third-order valence-corrected chi connectivity index (χ3v) is 11.3. The third kappa shape index (κ3) is 5.69. The molecule has 0 aliphatic heterocycles. The van der Waals surface area contributed by atoms with Crippen molar-refractivity contribution < 1.29 is 26.7 Å². The van der Waals surface area contributed by atoms with Crippen LogP contribution in [0.25, 0.3) is 128 Å². The molecule has 9 aromatic carbocycles. The molecule has 63 heavy (non-hydrogen) atoms. The Labute approximate surface area is 379 Å². The minimum atomic E-state index is -0.679. The minimum absolute atomic E-state index is 0.0827. The maximum absolute atomic E-state index is 9.75. The minimum Gasteiger partial charge on any atom is -0.456 e. The molecule has 0 saturated heterocycles. The van der Waals surface area contributed by atoms with Crippen LogP contribution in [0.5, 0.6) is 0 Å². The van der Waals surface area contributed by atoms with Gasteiger partial charge in [-0.25, -0.2) is 15.0 Å². The number of hydrogen-bond donors (Lipinski definition) is 0. The highest BCUT2D eigenvalue weighted by atomic mass is 16.3. The van der Waals surface area contributed by atoms with E-state index >= 15 is 0 Å². The molecule has 4 aromatic heterocycles. The molecule has 0 aliphatic rings. The topological polar surface area (TPSA) is 69.9 Å². The fourth-order valence-electron chi connectivity index (χ4n) is 8.40. The van der Waals surface area contributed by atoms with Gasteiger partial charge in [0.15, 0.2) is 23.1 Å². The molecule has 0 N–H and O–H groups in total. The number of furan rings is 2. The van der Waals surface area contributed by atoms with Gasteiger partial charge in [0.25, 0.3) is 0 Å². The smallest absolute Gasteiger partial charge is 0.164 e. The van der Waals surface area contributed by atoms with E-state index in [2.05, 4.69) is 42.5 Å². The molecule has 0 radical (unpaired) electrons. The lowest BCUT2D eigenvalue weighted by atomic mass is 9.96. The van der Waals surface area contributed by atoms with Crippen LogP contribution in [0.2, 0.25) is 0 Å². The number of benzene rings is 9. The van der Waals surface area contributed by atoms with Crippen molar-refractivity contribution in [2.45, 2.75) is 0 Å². The largest absolute Gasteiger partial charge is 0.456 e. The summed E-state index contributed by atoms with van der Waals surface area (Å²) >= 11 is 0. The first-order chi connectivity index (χ1) is 36.6. The number of para-hydroxylation sites is 3. The number of fused-ring (bicyclic) bond motifs is 9. The molecule has 0 unspecified atom stereocenters. The van der Waals surface area contributed by atoms with Crippen LogP contribution < -0.4 is 0 Å². The first-order valence-electron chi connectivity index (χ1n) is 26.5. The molecule has 0 spiro atoms. The summed E-state index contributed by atoms with van der Waals surface area (Å²) in [4.78, 5) is 14.5. The summed E-state index contributed by atoms with van der Waals surface area (Å²) in [5.74, 6) is 0.176. The SMILES string of the molecule is [2H]c1cc2c(c([2H])c1[2H])c1c([2H])c([2H])c([2H])c([2H])c1n2-c1c([2H])c([2H])c([2H])c2c1oc1c([2H])c(-c3nc(-c4ccccc4)nc(-c4ccc5c(c4)oc4cccc(-c6ccc(-c7ccccc7)cc6)c45)n3)c([2H])c([2H])c12. The van der Waals surface area contributed by atoms with Gasteiger partial charge in [-0.05, 0) is 70.7 Å². The Bertz CT molecular complexity index is 4670. The second kappa shape index (κ2) is 14.0. The lowest BCUT2D eigenvalue weighted by Crippen LogP contribution is -2.00. The van der Waals surface area contributed by atoms with Gasteiger partial charge in [0, 0.05) is 49.0 Å². The molecule has 6 heteroatoms. The molecular formula is C57H34N4O2. The van der Waals surface area contributed by atoms with Crippen molar-refractivity contribution in [3.05, 3.63) is 206 Å². The van der Waals surface area contributed by atoms with E-state index in [-0.39, 0.29) is 72.5 Å². The fraction of sp³-hybridized carbons (Fsp3) is 0. The van der Waals surface area contributed by atoms with Gasteiger partial charge in [-0.3, -0.25) is 0 Å². The Balaban J connectivity index is 1.02. The van der Waals surface area contributed by atoms with E-state index in [1.54, 1.807) is 24.3 Å².